The average Bonchev–Trinajstić information content (AvgIpc) is 2.53. The number of hydrogen-bond donors (Lipinski definition) is 2. The van der Waals surface area contributed by atoms with E-state index in [1.807, 2.05) is 0 Å². The van der Waals surface area contributed by atoms with Crippen LogP contribution >= 0.6 is 11.8 Å². The van der Waals surface area contributed by atoms with Gasteiger partial charge >= 0.3 is 0 Å². The third-order valence-electron chi connectivity index (χ3n) is 2.94. The Bertz CT molecular complexity index is 852. The van der Waals surface area contributed by atoms with Gasteiger partial charge in [0.05, 0.1) is 23.3 Å². The van der Waals surface area contributed by atoms with Gasteiger partial charge in [0.2, 0.25) is 5.91 Å². The summed E-state index contributed by atoms with van der Waals surface area (Å²) in [4.78, 5) is 40.6. The number of H-pyrrole nitrogens is 1. The number of aromatic amines is 1. The third-order valence-corrected chi connectivity index (χ3v) is 3.81. The molecule has 0 spiro atoms. The Morgan fingerprint density at radius 2 is 2.20 bits per heavy atom. The predicted octanol–water partition coefficient (Wildman–Crippen LogP) is 2.12. The van der Waals surface area contributed by atoms with Crippen LogP contribution in [0.5, 0.6) is 5.75 Å². The van der Waals surface area contributed by atoms with Crippen molar-refractivity contribution in [3.8, 4) is 5.75 Å². The zero-order valence-electron chi connectivity index (χ0n) is 13.6. The van der Waals surface area contributed by atoms with E-state index in [1.165, 1.54) is 18.2 Å². The molecule has 0 saturated heterocycles. The summed E-state index contributed by atoms with van der Waals surface area (Å²) in [5, 5.41) is 13.9. The summed E-state index contributed by atoms with van der Waals surface area (Å²) < 4.78 is 5.22. The van der Waals surface area contributed by atoms with Crippen LogP contribution in [0, 0.1) is 17.0 Å². The second-order valence-electron chi connectivity index (χ2n) is 4.90. The molecule has 0 saturated carbocycles. The number of nitro benzene ring substituents is 1. The summed E-state index contributed by atoms with van der Waals surface area (Å²) in [6.07, 6.45) is 0. The molecule has 0 unspecified atom stereocenters. The first-order valence-electron chi connectivity index (χ1n) is 7.31. The van der Waals surface area contributed by atoms with E-state index in [0.29, 0.717) is 23.2 Å². The number of carbonyl (C=O) groups excluding carboxylic acids is 1. The van der Waals surface area contributed by atoms with Crippen molar-refractivity contribution in [2.24, 2.45) is 0 Å². The lowest BCUT2D eigenvalue weighted by molar-refractivity contribution is -0.384. The summed E-state index contributed by atoms with van der Waals surface area (Å²) in [7, 11) is 0. The largest absolute Gasteiger partial charge is 0.494 e. The normalized spacial score (nSPS) is 10.3. The van der Waals surface area contributed by atoms with Gasteiger partial charge in [-0.25, -0.2) is 4.98 Å². The van der Waals surface area contributed by atoms with Crippen LogP contribution in [-0.2, 0) is 4.79 Å². The maximum atomic E-state index is 12.0. The van der Waals surface area contributed by atoms with Crippen molar-refractivity contribution in [2.75, 3.05) is 17.7 Å². The average molecular weight is 364 g/mol. The highest BCUT2D eigenvalue weighted by atomic mass is 32.2. The molecule has 1 amide bonds. The molecule has 1 heterocycles. The number of hydrogen-bond acceptors (Lipinski definition) is 7. The number of aromatic nitrogens is 2. The Hall–Kier alpha value is -2.88. The fourth-order valence-electron chi connectivity index (χ4n) is 1.96. The van der Waals surface area contributed by atoms with Crippen molar-refractivity contribution < 1.29 is 14.5 Å². The van der Waals surface area contributed by atoms with Gasteiger partial charge in [0.1, 0.15) is 11.4 Å². The van der Waals surface area contributed by atoms with Crippen LogP contribution in [0.2, 0.25) is 0 Å². The number of carbonyl (C=O) groups is 1. The Morgan fingerprint density at radius 3 is 2.84 bits per heavy atom. The summed E-state index contributed by atoms with van der Waals surface area (Å²) in [6.45, 7) is 3.81. The van der Waals surface area contributed by atoms with Crippen molar-refractivity contribution in [1.82, 2.24) is 9.97 Å². The predicted molar refractivity (Wildman–Crippen MR) is 93.2 cm³/mol. The molecule has 0 aliphatic carbocycles. The number of ether oxygens (including phenoxy) is 1. The molecule has 1 aromatic heterocycles. The zero-order valence-corrected chi connectivity index (χ0v) is 14.4. The molecule has 2 rings (SSSR count). The van der Waals surface area contributed by atoms with E-state index in [9.17, 15) is 19.7 Å². The SMILES string of the molecule is CCOc1ccc(NC(=O)CSc2nc(C)cc(=O)[nH]2)c([N+](=O)[O-])c1. The maximum Gasteiger partial charge on any atom is 0.296 e. The van der Waals surface area contributed by atoms with Crippen LogP contribution in [0.25, 0.3) is 0 Å². The quantitative estimate of drug-likeness (QED) is 0.333. The number of nitrogens with zero attached hydrogens (tertiary/aromatic N) is 2. The smallest absolute Gasteiger partial charge is 0.296 e. The van der Waals surface area contributed by atoms with Gasteiger partial charge in [-0.2, -0.15) is 0 Å². The first-order chi connectivity index (χ1) is 11.9. The van der Waals surface area contributed by atoms with Crippen LogP contribution in [0.1, 0.15) is 12.6 Å². The highest BCUT2D eigenvalue weighted by Crippen LogP contribution is 2.29. The molecule has 0 atom stereocenters. The summed E-state index contributed by atoms with van der Waals surface area (Å²) >= 11 is 1.03. The minimum absolute atomic E-state index is 0.0588. The number of benzene rings is 1. The zero-order chi connectivity index (χ0) is 18.4. The molecule has 0 fully saturated rings. The fraction of sp³-hybridized carbons (Fsp3) is 0.267. The maximum absolute atomic E-state index is 12.0. The number of nitrogens with one attached hydrogen (secondary N) is 2. The van der Waals surface area contributed by atoms with Crippen molar-refractivity contribution in [3.05, 3.63) is 50.4 Å². The molecule has 1 aromatic carbocycles. The van der Waals surface area contributed by atoms with Crippen LogP contribution in [0.3, 0.4) is 0 Å². The van der Waals surface area contributed by atoms with E-state index in [-0.39, 0.29) is 22.7 Å². The first-order valence-corrected chi connectivity index (χ1v) is 8.29. The van der Waals surface area contributed by atoms with E-state index in [1.54, 1.807) is 19.9 Å². The number of aryl methyl sites for hydroxylation is 1. The van der Waals surface area contributed by atoms with Gasteiger partial charge in [0, 0.05) is 11.8 Å². The highest BCUT2D eigenvalue weighted by Gasteiger charge is 2.17. The van der Waals surface area contributed by atoms with Crippen molar-refractivity contribution in [2.45, 2.75) is 19.0 Å². The molecule has 9 nitrogen and oxygen atoms in total. The van der Waals surface area contributed by atoms with Gasteiger partial charge in [-0.05, 0) is 26.0 Å². The monoisotopic (exact) mass is 364 g/mol. The third kappa shape index (κ3) is 5.31. The minimum atomic E-state index is -0.592. The lowest BCUT2D eigenvalue weighted by atomic mass is 10.2. The molecule has 2 aromatic rings. The number of nitro groups is 1. The number of amides is 1. The van der Waals surface area contributed by atoms with E-state index in [4.69, 9.17) is 4.74 Å². The topological polar surface area (TPSA) is 127 Å². The molecular formula is C15H16N4O5S. The lowest BCUT2D eigenvalue weighted by Crippen LogP contribution is -2.16. The Morgan fingerprint density at radius 1 is 1.44 bits per heavy atom. The fourth-order valence-corrected chi connectivity index (χ4v) is 2.69. The minimum Gasteiger partial charge on any atom is -0.494 e. The second-order valence-corrected chi connectivity index (χ2v) is 5.86. The van der Waals surface area contributed by atoms with Crippen molar-refractivity contribution in [1.29, 1.82) is 0 Å². The van der Waals surface area contributed by atoms with E-state index in [0.717, 1.165) is 11.8 Å². The molecular weight excluding hydrogens is 348 g/mol. The summed E-state index contributed by atoms with van der Waals surface area (Å²) in [5.41, 5.74) is 0.0440. The van der Waals surface area contributed by atoms with Crippen LogP contribution < -0.4 is 15.6 Å². The van der Waals surface area contributed by atoms with Crippen molar-refractivity contribution >= 4 is 29.0 Å². The number of thioether (sulfide) groups is 1. The van der Waals surface area contributed by atoms with Gasteiger partial charge in [-0.1, -0.05) is 11.8 Å². The highest BCUT2D eigenvalue weighted by molar-refractivity contribution is 7.99. The molecule has 0 aliphatic heterocycles. The van der Waals surface area contributed by atoms with Gasteiger partial charge in [0.25, 0.3) is 11.2 Å². The number of anilines is 1. The lowest BCUT2D eigenvalue weighted by Gasteiger charge is -2.08. The van der Waals surface area contributed by atoms with Gasteiger partial charge in [-0.3, -0.25) is 19.7 Å². The van der Waals surface area contributed by atoms with Crippen LogP contribution in [0.4, 0.5) is 11.4 Å². The van der Waals surface area contributed by atoms with Gasteiger partial charge in [-0.15, -0.1) is 0 Å². The first kappa shape index (κ1) is 18.5. The van der Waals surface area contributed by atoms with Crippen LogP contribution in [-0.4, -0.2) is 33.2 Å². The van der Waals surface area contributed by atoms with Gasteiger partial charge < -0.3 is 15.0 Å². The molecule has 10 heteroatoms. The Balaban J connectivity index is 2.06. The Labute approximate surface area is 147 Å². The Kier molecular flexibility index (Phi) is 6.12. The molecule has 25 heavy (non-hydrogen) atoms. The second kappa shape index (κ2) is 8.29. The standard InChI is InChI=1S/C15H16N4O5S/c1-3-24-10-4-5-11(12(7-10)19(22)23)17-14(21)8-25-15-16-9(2)6-13(20)18-15/h4-7H,3,8H2,1-2H3,(H,17,21)(H,16,18,20). The summed E-state index contributed by atoms with van der Waals surface area (Å²) in [6, 6.07) is 5.55. The van der Waals surface area contributed by atoms with Crippen LogP contribution in [0.15, 0.2) is 34.2 Å². The van der Waals surface area contributed by atoms with Crippen molar-refractivity contribution in [3.63, 3.8) is 0 Å². The molecule has 132 valence electrons. The van der Waals surface area contributed by atoms with E-state index < -0.39 is 10.8 Å². The molecule has 2 N–H and O–H groups in total. The van der Waals surface area contributed by atoms with Gasteiger partial charge in [0.15, 0.2) is 5.16 Å². The van der Waals surface area contributed by atoms with E-state index in [2.05, 4.69) is 15.3 Å². The molecule has 0 aliphatic rings. The molecule has 0 bridgehead atoms. The summed E-state index contributed by atoms with van der Waals surface area (Å²) in [5.74, 6) is -0.166. The number of rotatable bonds is 7. The van der Waals surface area contributed by atoms with E-state index >= 15 is 0 Å². The molecule has 0 radical (unpaired) electrons.